The van der Waals surface area contributed by atoms with Crippen LogP contribution in [0.25, 0.3) is 0 Å². The van der Waals surface area contributed by atoms with Gasteiger partial charge in [-0.15, -0.1) is 0 Å². The van der Waals surface area contributed by atoms with Gasteiger partial charge in [-0.2, -0.15) is 0 Å². The van der Waals surface area contributed by atoms with Crippen molar-refractivity contribution in [1.29, 1.82) is 0 Å². The second-order valence-corrected chi connectivity index (χ2v) is 10.9. The van der Waals surface area contributed by atoms with Gasteiger partial charge < -0.3 is 5.32 Å². The molecule has 1 saturated carbocycles. The molecular formula is C20H29NO3S. The van der Waals surface area contributed by atoms with Gasteiger partial charge in [-0.25, -0.2) is 8.42 Å². The van der Waals surface area contributed by atoms with Crippen molar-refractivity contribution in [3.05, 3.63) is 35.4 Å². The van der Waals surface area contributed by atoms with Crippen molar-refractivity contribution in [2.75, 3.05) is 11.5 Å². The Balaban J connectivity index is 1.83. The number of hydrogen-bond acceptors (Lipinski definition) is 3. The van der Waals surface area contributed by atoms with Crippen LogP contribution in [0.15, 0.2) is 24.3 Å². The molecule has 2 aliphatic rings. The molecule has 1 atom stereocenters. The number of nitrogens with one attached hydrogen (secondary N) is 1. The Hall–Kier alpha value is -1.36. The van der Waals surface area contributed by atoms with Crippen molar-refractivity contribution in [2.45, 2.75) is 69.7 Å². The predicted molar refractivity (Wildman–Crippen MR) is 100 cm³/mol. The fraction of sp³-hybridized carbons (Fsp3) is 0.650. The van der Waals surface area contributed by atoms with Crippen molar-refractivity contribution in [1.82, 2.24) is 5.32 Å². The molecule has 1 unspecified atom stereocenters. The van der Waals surface area contributed by atoms with Gasteiger partial charge in [-0.3, -0.25) is 4.79 Å². The van der Waals surface area contributed by atoms with E-state index in [4.69, 9.17) is 0 Å². The molecule has 138 valence electrons. The summed E-state index contributed by atoms with van der Waals surface area (Å²) in [5.74, 6) is 0.277. The highest BCUT2D eigenvalue weighted by Crippen LogP contribution is 2.42. The predicted octanol–water partition coefficient (Wildman–Crippen LogP) is 3.10. The summed E-state index contributed by atoms with van der Waals surface area (Å²) in [5, 5.41) is 3.04. The number of carbonyl (C=O) groups excluding carboxylic acids is 1. The van der Waals surface area contributed by atoms with E-state index in [-0.39, 0.29) is 28.9 Å². The van der Waals surface area contributed by atoms with E-state index in [1.165, 1.54) is 5.56 Å². The molecule has 1 aromatic rings. The maximum atomic E-state index is 13.1. The average Bonchev–Trinajstić information content (AvgIpc) is 3.14. The van der Waals surface area contributed by atoms with Crippen LogP contribution in [0.4, 0.5) is 0 Å². The van der Waals surface area contributed by atoms with Crippen LogP contribution in [-0.4, -0.2) is 31.9 Å². The van der Waals surface area contributed by atoms with Crippen LogP contribution in [0, 0.1) is 0 Å². The van der Waals surface area contributed by atoms with Gasteiger partial charge in [0.15, 0.2) is 9.84 Å². The monoisotopic (exact) mass is 363 g/mol. The third-order valence-corrected chi connectivity index (χ3v) is 7.53. The normalized spacial score (nSPS) is 25.0. The van der Waals surface area contributed by atoms with Gasteiger partial charge in [-0.1, -0.05) is 57.9 Å². The molecule has 3 rings (SSSR count). The van der Waals surface area contributed by atoms with Gasteiger partial charge in [-0.05, 0) is 35.8 Å². The smallest absolute Gasteiger partial charge is 0.230 e. The number of benzene rings is 1. The Bertz CT molecular complexity index is 738. The number of hydrogen-bond donors (Lipinski definition) is 1. The van der Waals surface area contributed by atoms with Crippen LogP contribution in [0.3, 0.4) is 0 Å². The highest BCUT2D eigenvalue weighted by atomic mass is 32.2. The number of rotatable bonds is 3. The summed E-state index contributed by atoms with van der Waals surface area (Å²) in [7, 11) is -2.99. The Morgan fingerprint density at radius 3 is 2.20 bits per heavy atom. The molecule has 25 heavy (non-hydrogen) atoms. The summed E-state index contributed by atoms with van der Waals surface area (Å²) < 4.78 is 23.3. The van der Waals surface area contributed by atoms with Crippen molar-refractivity contribution in [3.8, 4) is 0 Å². The molecule has 1 amide bonds. The fourth-order valence-electron chi connectivity index (χ4n) is 4.15. The van der Waals surface area contributed by atoms with E-state index in [2.05, 4.69) is 50.4 Å². The lowest BCUT2D eigenvalue weighted by Crippen LogP contribution is -2.47. The number of sulfone groups is 1. The molecule has 0 aromatic heterocycles. The summed E-state index contributed by atoms with van der Waals surface area (Å²) in [6.07, 6.45) is 4.29. The minimum absolute atomic E-state index is 0.00982. The summed E-state index contributed by atoms with van der Waals surface area (Å²) in [6.45, 7) is 6.54. The summed E-state index contributed by atoms with van der Waals surface area (Å²) in [4.78, 5) is 13.1. The molecule has 1 aliphatic carbocycles. The first kappa shape index (κ1) is 18.4. The van der Waals surface area contributed by atoms with Crippen LogP contribution in [0.2, 0.25) is 0 Å². The second kappa shape index (κ2) is 6.42. The Morgan fingerprint density at radius 2 is 1.72 bits per heavy atom. The van der Waals surface area contributed by atoms with Gasteiger partial charge in [0.1, 0.15) is 0 Å². The van der Waals surface area contributed by atoms with Crippen LogP contribution in [0.1, 0.15) is 64.0 Å². The Kier molecular flexibility index (Phi) is 4.73. The number of carbonyl (C=O) groups is 1. The minimum Gasteiger partial charge on any atom is -0.352 e. The lowest BCUT2D eigenvalue weighted by Gasteiger charge is -2.30. The van der Waals surface area contributed by atoms with Crippen LogP contribution in [0.5, 0.6) is 0 Å². The van der Waals surface area contributed by atoms with Crippen LogP contribution < -0.4 is 5.32 Å². The topological polar surface area (TPSA) is 63.2 Å². The molecule has 1 aliphatic heterocycles. The van der Waals surface area contributed by atoms with Gasteiger partial charge in [0.25, 0.3) is 0 Å². The molecule has 1 saturated heterocycles. The van der Waals surface area contributed by atoms with E-state index in [0.29, 0.717) is 6.42 Å². The Labute approximate surface area is 151 Å². The van der Waals surface area contributed by atoms with Gasteiger partial charge in [0, 0.05) is 6.04 Å². The SMILES string of the molecule is CC(C)(C)c1ccc(C2(C(=O)NC3CCS(=O)(=O)C3)CCCC2)cc1. The molecule has 2 fully saturated rings. The third-order valence-electron chi connectivity index (χ3n) is 5.76. The lowest BCUT2D eigenvalue weighted by molar-refractivity contribution is -0.127. The highest BCUT2D eigenvalue weighted by molar-refractivity contribution is 7.91. The first-order chi connectivity index (χ1) is 11.6. The zero-order valence-electron chi connectivity index (χ0n) is 15.5. The van der Waals surface area contributed by atoms with Gasteiger partial charge in [0.05, 0.1) is 16.9 Å². The molecule has 1 N–H and O–H groups in total. The van der Waals surface area contributed by atoms with Crippen molar-refractivity contribution in [2.24, 2.45) is 0 Å². The van der Waals surface area contributed by atoms with Crippen molar-refractivity contribution < 1.29 is 13.2 Å². The van der Waals surface area contributed by atoms with Crippen LogP contribution in [-0.2, 0) is 25.5 Å². The summed E-state index contributed by atoms with van der Waals surface area (Å²) in [5.41, 5.74) is 1.91. The third kappa shape index (κ3) is 3.76. The van der Waals surface area contributed by atoms with E-state index < -0.39 is 15.3 Å². The largest absolute Gasteiger partial charge is 0.352 e. The Morgan fingerprint density at radius 1 is 1.12 bits per heavy atom. The van der Waals surface area contributed by atoms with E-state index in [0.717, 1.165) is 31.2 Å². The molecule has 5 heteroatoms. The number of amides is 1. The van der Waals surface area contributed by atoms with E-state index in [1.807, 2.05) is 0 Å². The van der Waals surface area contributed by atoms with E-state index in [1.54, 1.807) is 0 Å². The highest BCUT2D eigenvalue weighted by Gasteiger charge is 2.44. The molecule has 1 aromatic carbocycles. The standard InChI is InChI=1S/C20H29NO3S/c1-19(2,3)15-6-8-16(9-7-15)20(11-4-5-12-20)18(22)21-17-10-13-25(23,24)14-17/h6-9,17H,4-5,10-14H2,1-3H3,(H,21,22). The second-order valence-electron chi connectivity index (χ2n) is 8.69. The molecule has 0 bridgehead atoms. The zero-order valence-corrected chi connectivity index (χ0v) is 16.3. The average molecular weight is 364 g/mol. The minimum atomic E-state index is -2.99. The van der Waals surface area contributed by atoms with Gasteiger partial charge in [0.2, 0.25) is 5.91 Å². The zero-order chi connectivity index (χ0) is 18.3. The van der Waals surface area contributed by atoms with Crippen molar-refractivity contribution >= 4 is 15.7 Å². The van der Waals surface area contributed by atoms with E-state index in [9.17, 15) is 13.2 Å². The van der Waals surface area contributed by atoms with Crippen LogP contribution >= 0.6 is 0 Å². The van der Waals surface area contributed by atoms with Gasteiger partial charge >= 0.3 is 0 Å². The summed E-state index contributed by atoms with van der Waals surface area (Å²) in [6, 6.07) is 8.21. The maximum Gasteiger partial charge on any atom is 0.230 e. The molecule has 4 nitrogen and oxygen atoms in total. The first-order valence-corrected chi connectivity index (χ1v) is 11.1. The van der Waals surface area contributed by atoms with Crippen molar-refractivity contribution in [3.63, 3.8) is 0 Å². The van der Waals surface area contributed by atoms with E-state index >= 15 is 0 Å². The summed E-state index contributed by atoms with van der Waals surface area (Å²) >= 11 is 0. The molecule has 0 spiro atoms. The molecule has 0 radical (unpaired) electrons. The maximum absolute atomic E-state index is 13.1. The fourth-order valence-corrected chi connectivity index (χ4v) is 5.82. The molecule has 1 heterocycles. The molecular weight excluding hydrogens is 334 g/mol. The quantitative estimate of drug-likeness (QED) is 0.897. The first-order valence-electron chi connectivity index (χ1n) is 9.25. The lowest BCUT2D eigenvalue weighted by atomic mass is 9.76.